The van der Waals surface area contributed by atoms with E-state index >= 15 is 0 Å². The highest BCUT2D eigenvalue weighted by molar-refractivity contribution is 5.66. The van der Waals surface area contributed by atoms with Crippen molar-refractivity contribution >= 4 is 16.8 Å². The second kappa shape index (κ2) is 7.26. The van der Waals surface area contributed by atoms with Crippen LogP contribution in [-0.4, -0.2) is 46.5 Å². The molecule has 0 spiro atoms. The molecule has 1 aliphatic carbocycles. The zero-order chi connectivity index (χ0) is 19.8. The summed E-state index contributed by atoms with van der Waals surface area (Å²) in [6.45, 7) is 4.00. The summed E-state index contributed by atoms with van der Waals surface area (Å²) < 4.78 is 1.90. The number of fused-ring (bicyclic) bond motifs is 1. The fraction of sp³-hybridized carbons (Fsp3) is 0.304. The average Bonchev–Trinajstić information content (AvgIpc) is 3.44. The van der Waals surface area contributed by atoms with Crippen LogP contribution in [0.5, 0.6) is 0 Å². The van der Waals surface area contributed by atoms with E-state index < -0.39 is 0 Å². The predicted octanol–water partition coefficient (Wildman–Crippen LogP) is 2.87. The number of H-pyrrole nitrogens is 1. The van der Waals surface area contributed by atoms with Gasteiger partial charge in [-0.2, -0.15) is 5.26 Å². The molecule has 6 heteroatoms. The summed E-state index contributed by atoms with van der Waals surface area (Å²) >= 11 is 0. The van der Waals surface area contributed by atoms with Gasteiger partial charge >= 0.3 is 0 Å². The van der Waals surface area contributed by atoms with Gasteiger partial charge in [-0.15, -0.1) is 0 Å². The maximum Gasteiger partial charge on any atom is 0.272 e. The van der Waals surface area contributed by atoms with Crippen LogP contribution in [0.2, 0.25) is 0 Å². The Morgan fingerprint density at radius 3 is 2.62 bits per heavy atom. The summed E-state index contributed by atoms with van der Waals surface area (Å²) in [6, 6.07) is 14.2. The first-order valence-corrected chi connectivity index (χ1v) is 10.1. The Morgan fingerprint density at radius 2 is 1.86 bits per heavy atom. The SMILES string of the molecule is N#Cc1ccc(N2CCN([C@H]3C=C(c4cn5cccc5c(=O)[nH]4)CC3)CC2)cc1. The van der Waals surface area contributed by atoms with E-state index in [9.17, 15) is 4.79 Å². The minimum absolute atomic E-state index is 0.0344. The smallest absolute Gasteiger partial charge is 0.272 e. The molecule has 1 saturated heterocycles. The molecule has 1 fully saturated rings. The molecule has 0 saturated carbocycles. The fourth-order valence-corrected chi connectivity index (χ4v) is 4.49. The van der Waals surface area contributed by atoms with Crippen molar-refractivity contribution in [3.8, 4) is 6.07 Å². The number of nitrogens with zero attached hydrogens (tertiary/aromatic N) is 4. The lowest BCUT2D eigenvalue weighted by atomic mass is 10.1. The number of benzene rings is 1. The highest BCUT2D eigenvalue weighted by Crippen LogP contribution is 2.30. The van der Waals surface area contributed by atoms with Gasteiger partial charge in [0.2, 0.25) is 0 Å². The van der Waals surface area contributed by atoms with Crippen LogP contribution in [0.25, 0.3) is 11.1 Å². The van der Waals surface area contributed by atoms with E-state index in [0.717, 1.165) is 44.7 Å². The highest BCUT2D eigenvalue weighted by atomic mass is 16.1. The van der Waals surface area contributed by atoms with E-state index in [0.29, 0.717) is 17.1 Å². The number of anilines is 1. The number of hydrogen-bond acceptors (Lipinski definition) is 4. The summed E-state index contributed by atoms with van der Waals surface area (Å²) in [5.74, 6) is 0. The van der Waals surface area contributed by atoms with Crippen molar-refractivity contribution in [3.63, 3.8) is 0 Å². The van der Waals surface area contributed by atoms with Gasteiger partial charge in [-0.05, 0) is 54.8 Å². The molecule has 0 unspecified atom stereocenters. The molecule has 146 valence electrons. The molecule has 1 aliphatic heterocycles. The van der Waals surface area contributed by atoms with Gasteiger partial charge in [0.1, 0.15) is 5.52 Å². The van der Waals surface area contributed by atoms with Crippen molar-refractivity contribution < 1.29 is 0 Å². The first kappa shape index (κ1) is 17.8. The third kappa shape index (κ3) is 3.34. The van der Waals surface area contributed by atoms with Crippen LogP contribution in [0.15, 0.2) is 59.7 Å². The molecule has 1 N–H and O–H groups in total. The molecule has 6 nitrogen and oxygen atoms in total. The number of nitriles is 1. The Balaban J connectivity index is 1.27. The molecule has 5 rings (SSSR count). The Hall–Kier alpha value is -3.30. The van der Waals surface area contributed by atoms with E-state index in [1.165, 1.54) is 11.3 Å². The van der Waals surface area contributed by atoms with Crippen molar-refractivity contribution in [2.24, 2.45) is 0 Å². The molecular formula is C23H23N5O. The molecule has 1 aromatic carbocycles. The normalized spacial score (nSPS) is 20.0. The molecular weight excluding hydrogens is 362 g/mol. The maximum atomic E-state index is 12.3. The molecule has 1 atom stereocenters. The second-order valence-electron chi connectivity index (χ2n) is 7.78. The van der Waals surface area contributed by atoms with Crippen LogP contribution in [0.1, 0.15) is 24.1 Å². The van der Waals surface area contributed by atoms with E-state index in [2.05, 4.69) is 26.9 Å². The number of rotatable bonds is 3. The van der Waals surface area contributed by atoms with Crippen molar-refractivity contribution in [2.45, 2.75) is 18.9 Å². The topological polar surface area (TPSA) is 67.5 Å². The molecule has 3 aromatic rings. The maximum absolute atomic E-state index is 12.3. The monoisotopic (exact) mass is 385 g/mol. The first-order valence-electron chi connectivity index (χ1n) is 10.1. The van der Waals surface area contributed by atoms with Crippen LogP contribution in [0.4, 0.5) is 5.69 Å². The third-order valence-corrected chi connectivity index (χ3v) is 6.12. The van der Waals surface area contributed by atoms with Gasteiger partial charge in [-0.3, -0.25) is 9.69 Å². The van der Waals surface area contributed by atoms with E-state index in [4.69, 9.17) is 5.26 Å². The minimum Gasteiger partial charge on any atom is -0.369 e. The zero-order valence-electron chi connectivity index (χ0n) is 16.2. The van der Waals surface area contributed by atoms with Gasteiger partial charge in [-0.1, -0.05) is 6.08 Å². The molecule has 0 bridgehead atoms. The first-order chi connectivity index (χ1) is 14.2. The van der Waals surface area contributed by atoms with Crippen LogP contribution in [0.3, 0.4) is 0 Å². The van der Waals surface area contributed by atoms with Crippen LogP contribution in [-0.2, 0) is 0 Å². The highest BCUT2D eigenvalue weighted by Gasteiger charge is 2.27. The molecule has 0 radical (unpaired) electrons. The summed E-state index contributed by atoms with van der Waals surface area (Å²) in [4.78, 5) is 20.2. The predicted molar refractivity (Wildman–Crippen MR) is 114 cm³/mol. The van der Waals surface area contributed by atoms with Gasteiger partial charge < -0.3 is 14.3 Å². The molecule has 3 heterocycles. The van der Waals surface area contributed by atoms with Crippen molar-refractivity contribution in [1.82, 2.24) is 14.3 Å². The lowest BCUT2D eigenvalue weighted by molar-refractivity contribution is 0.214. The van der Waals surface area contributed by atoms with Gasteiger partial charge in [0, 0.05) is 50.3 Å². The van der Waals surface area contributed by atoms with Gasteiger partial charge in [0.05, 0.1) is 17.3 Å². The fourth-order valence-electron chi connectivity index (χ4n) is 4.49. The molecule has 2 aromatic heterocycles. The van der Waals surface area contributed by atoms with E-state index in [-0.39, 0.29) is 5.56 Å². The van der Waals surface area contributed by atoms with Crippen LogP contribution in [0, 0.1) is 11.3 Å². The van der Waals surface area contributed by atoms with Gasteiger partial charge in [0.15, 0.2) is 0 Å². The minimum atomic E-state index is -0.0344. The molecule has 2 aliphatic rings. The number of hydrogen-bond donors (Lipinski definition) is 1. The number of piperazine rings is 1. The number of nitrogens with one attached hydrogen (secondary N) is 1. The standard InChI is InChI=1S/C23H23N5O/c24-15-17-3-6-19(7-4-17)26-10-12-27(13-11-26)20-8-5-18(14-20)21-16-28-9-1-2-22(28)23(29)25-21/h1-4,6-7,9,14,16,20H,5,8,10-13H2,(H,25,29)/t20-/m1/s1. The number of aromatic nitrogens is 2. The summed E-state index contributed by atoms with van der Waals surface area (Å²) in [6.07, 6.45) is 8.36. The molecule has 29 heavy (non-hydrogen) atoms. The number of aromatic amines is 1. The molecule has 0 amide bonds. The van der Waals surface area contributed by atoms with Crippen molar-refractivity contribution in [1.29, 1.82) is 5.26 Å². The summed E-state index contributed by atoms with van der Waals surface area (Å²) in [5, 5.41) is 8.96. The van der Waals surface area contributed by atoms with Gasteiger partial charge in [0.25, 0.3) is 5.56 Å². The Kier molecular flexibility index (Phi) is 4.45. The quantitative estimate of drug-likeness (QED) is 0.753. The van der Waals surface area contributed by atoms with E-state index in [1.807, 2.05) is 53.2 Å². The van der Waals surface area contributed by atoms with E-state index in [1.54, 1.807) is 0 Å². The Bertz CT molecular complexity index is 1160. The Labute approximate surface area is 169 Å². The lowest BCUT2D eigenvalue weighted by Crippen LogP contribution is -2.49. The van der Waals surface area contributed by atoms with Gasteiger partial charge in [-0.25, -0.2) is 0 Å². The largest absolute Gasteiger partial charge is 0.369 e. The second-order valence-corrected chi connectivity index (χ2v) is 7.78. The summed E-state index contributed by atoms with van der Waals surface area (Å²) in [7, 11) is 0. The zero-order valence-corrected chi connectivity index (χ0v) is 16.2. The van der Waals surface area contributed by atoms with Crippen molar-refractivity contribution in [3.05, 3.63) is 76.5 Å². The summed E-state index contributed by atoms with van der Waals surface area (Å²) in [5.41, 5.74) is 4.70. The lowest BCUT2D eigenvalue weighted by Gasteiger charge is -2.38. The number of allylic oxidation sites excluding steroid dienone is 1. The average molecular weight is 385 g/mol. The third-order valence-electron chi connectivity index (χ3n) is 6.12. The van der Waals surface area contributed by atoms with Crippen LogP contribution >= 0.6 is 0 Å². The van der Waals surface area contributed by atoms with Crippen LogP contribution < -0.4 is 10.5 Å². The van der Waals surface area contributed by atoms with Crippen molar-refractivity contribution in [2.75, 3.05) is 31.1 Å². The Morgan fingerprint density at radius 1 is 1.07 bits per heavy atom.